The number of aliphatic hydroxyl groups is 1. The van der Waals surface area contributed by atoms with E-state index >= 15 is 0 Å². The van der Waals surface area contributed by atoms with E-state index in [4.69, 9.17) is 0 Å². The molecule has 0 fully saturated rings. The normalized spacial score (nSPS) is 11.6. The van der Waals surface area contributed by atoms with Crippen LogP contribution in [0.2, 0.25) is 0 Å². The SMILES string of the molecule is O=C(NC(CO)CCCCNC(=O)c1cccc(O)c1O)c1ccccc1F. The summed E-state index contributed by atoms with van der Waals surface area (Å²) in [5.74, 6) is -2.58. The fraction of sp³-hybridized carbons (Fsp3) is 0.300. The van der Waals surface area contributed by atoms with E-state index < -0.39 is 29.4 Å². The van der Waals surface area contributed by atoms with Crippen molar-refractivity contribution in [3.8, 4) is 11.5 Å². The van der Waals surface area contributed by atoms with Gasteiger partial charge in [-0.3, -0.25) is 9.59 Å². The van der Waals surface area contributed by atoms with Crippen molar-refractivity contribution in [3.63, 3.8) is 0 Å². The molecule has 0 spiro atoms. The van der Waals surface area contributed by atoms with Gasteiger partial charge in [0.2, 0.25) is 0 Å². The molecule has 0 saturated carbocycles. The molecular formula is C20H23FN2O5. The molecule has 7 nitrogen and oxygen atoms in total. The number of carbonyl (C=O) groups is 2. The molecule has 2 aromatic carbocycles. The molecule has 2 rings (SSSR count). The Hall–Kier alpha value is -3.13. The zero-order chi connectivity index (χ0) is 20.5. The smallest absolute Gasteiger partial charge is 0.255 e. The van der Waals surface area contributed by atoms with Crippen molar-refractivity contribution in [3.05, 3.63) is 59.4 Å². The number of phenolic OH excluding ortho intramolecular Hbond substituents is 2. The maximum atomic E-state index is 13.6. The van der Waals surface area contributed by atoms with Gasteiger partial charge in [0.1, 0.15) is 5.82 Å². The fourth-order valence-electron chi connectivity index (χ4n) is 2.65. The van der Waals surface area contributed by atoms with Crippen LogP contribution in [0.5, 0.6) is 11.5 Å². The summed E-state index contributed by atoms with van der Waals surface area (Å²) in [6, 6.07) is 9.19. The van der Waals surface area contributed by atoms with Crippen LogP contribution in [0.15, 0.2) is 42.5 Å². The Morgan fingerprint density at radius 1 is 0.964 bits per heavy atom. The van der Waals surface area contributed by atoms with Crippen molar-refractivity contribution in [2.75, 3.05) is 13.2 Å². The van der Waals surface area contributed by atoms with E-state index in [1.807, 2.05) is 0 Å². The largest absolute Gasteiger partial charge is 0.504 e. The molecular weight excluding hydrogens is 367 g/mol. The van der Waals surface area contributed by atoms with E-state index in [0.717, 1.165) is 0 Å². The summed E-state index contributed by atoms with van der Waals surface area (Å²) in [5.41, 5.74) is -0.107. The summed E-state index contributed by atoms with van der Waals surface area (Å²) in [5, 5.41) is 33.7. The first kappa shape index (κ1) is 21.2. The Kier molecular flexibility index (Phi) is 7.76. The van der Waals surface area contributed by atoms with Gasteiger partial charge in [0.15, 0.2) is 11.5 Å². The molecule has 2 amide bonds. The van der Waals surface area contributed by atoms with Crippen LogP contribution < -0.4 is 10.6 Å². The van der Waals surface area contributed by atoms with E-state index in [0.29, 0.717) is 25.8 Å². The maximum Gasteiger partial charge on any atom is 0.255 e. The Balaban J connectivity index is 1.74. The first-order valence-electron chi connectivity index (χ1n) is 8.89. The molecule has 5 N–H and O–H groups in total. The predicted molar refractivity (Wildman–Crippen MR) is 101 cm³/mol. The summed E-state index contributed by atoms with van der Waals surface area (Å²) in [6.07, 6.45) is 1.61. The molecule has 0 saturated heterocycles. The van der Waals surface area contributed by atoms with Gasteiger partial charge in [0.25, 0.3) is 11.8 Å². The Bertz CT molecular complexity index is 828. The van der Waals surface area contributed by atoms with Crippen LogP contribution in [0, 0.1) is 5.82 Å². The molecule has 0 heterocycles. The molecule has 0 aromatic heterocycles. The molecule has 1 unspecified atom stereocenters. The Morgan fingerprint density at radius 3 is 2.39 bits per heavy atom. The van der Waals surface area contributed by atoms with Crippen molar-refractivity contribution in [2.24, 2.45) is 0 Å². The van der Waals surface area contributed by atoms with Crippen LogP contribution >= 0.6 is 0 Å². The van der Waals surface area contributed by atoms with Crippen molar-refractivity contribution < 1.29 is 29.3 Å². The zero-order valence-electron chi connectivity index (χ0n) is 15.2. The minimum Gasteiger partial charge on any atom is -0.504 e. The number of nitrogens with one attached hydrogen (secondary N) is 2. The van der Waals surface area contributed by atoms with Crippen LogP contribution in [0.3, 0.4) is 0 Å². The standard InChI is InChI=1S/C20H23FN2O5/c21-16-9-2-1-7-14(16)20(28)23-13(12-24)6-3-4-11-22-19(27)15-8-5-10-17(25)18(15)26/h1-2,5,7-10,13,24-26H,3-4,6,11-12H2,(H,22,27)(H,23,28). The van der Waals surface area contributed by atoms with E-state index in [2.05, 4.69) is 10.6 Å². The van der Waals surface area contributed by atoms with Gasteiger partial charge < -0.3 is 26.0 Å². The minimum atomic E-state index is -0.630. The molecule has 0 aliphatic rings. The van der Waals surface area contributed by atoms with E-state index in [1.54, 1.807) is 6.07 Å². The monoisotopic (exact) mass is 390 g/mol. The molecule has 150 valence electrons. The van der Waals surface area contributed by atoms with E-state index in [1.165, 1.54) is 36.4 Å². The number of benzene rings is 2. The highest BCUT2D eigenvalue weighted by Crippen LogP contribution is 2.27. The number of para-hydroxylation sites is 1. The first-order valence-corrected chi connectivity index (χ1v) is 8.89. The molecule has 1 atom stereocenters. The van der Waals surface area contributed by atoms with Gasteiger partial charge in [-0.05, 0) is 43.5 Å². The highest BCUT2D eigenvalue weighted by molar-refractivity contribution is 5.97. The van der Waals surface area contributed by atoms with E-state index in [9.17, 15) is 29.3 Å². The highest BCUT2D eigenvalue weighted by Gasteiger charge is 2.16. The maximum absolute atomic E-state index is 13.6. The molecule has 8 heteroatoms. The lowest BCUT2D eigenvalue weighted by Crippen LogP contribution is -2.38. The van der Waals surface area contributed by atoms with Crippen LogP contribution in [-0.4, -0.2) is 46.3 Å². The van der Waals surface area contributed by atoms with E-state index in [-0.39, 0.29) is 23.5 Å². The number of unbranched alkanes of at least 4 members (excludes halogenated alkanes) is 1. The molecule has 28 heavy (non-hydrogen) atoms. The third-order valence-corrected chi connectivity index (χ3v) is 4.20. The number of hydrogen-bond donors (Lipinski definition) is 5. The third kappa shape index (κ3) is 5.68. The van der Waals surface area contributed by atoms with Gasteiger partial charge in [-0.1, -0.05) is 18.2 Å². The molecule has 0 radical (unpaired) electrons. The lowest BCUT2D eigenvalue weighted by molar-refractivity contribution is 0.0908. The first-order chi connectivity index (χ1) is 13.4. The van der Waals surface area contributed by atoms with Gasteiger partial charge in [-0.15, -0.1) is 0 Å². The number of rotatable bonds is 9. The molecule has 0 aliphatic heterocycles. The average Bonchev–Trinajstić information content (AvgIpc) is 2.68. The Labute approximate surface area is 161 Å². The quantitative estimate of drug-likeness (QED) is 0.331. The minimum absolute atomic E-state index is 0.0228. The number of aromatic hydroxyl groups is 2. The number of hydrogen-bond acceptors (Lipinski definition) is 5. The van der Waals surface area contributed by atoms with Gasteiger partial charge in [0.05, 0.1) is 23.8 Å². The van der Waals surface area contributed by atoms with Gasteiger partial charge >= 0.3 is 0 Å². The molecule has 0 bridgehead atoms. The van der Waals surface area contributed by atoms with Crippen LogP contribution in [0.25, 0.3) is 0 Å². The van der Waals surface area contributed by atoms with Crippen molar-refractivity contribution >= 4 is 11.8 Å². The Morgan fingerprint density at radius 2 is 1.68 bits per heavy atom. The highest BCUT2D eigenvalue weighted by atomic mass is 19.1. The van der Waals surface area contributed by atoms with Crippen molar-refractivity contribution in [2.45, 2.75) is 25.3 Å². The van der Waals surface area contributed by atoms with Gasteiger partial charge in [-0.2, -0.15) is 0 Å². The lowest BCUT2D eigenvalue weighted by atomic mass is 10.1. The van der Waals surface area contributed by atoms with Crippen molar-refractivity contribution in [1.29, 1.82) is 0 Å². The summed E-state index contributed by atoms with van der Waals surface area (Å²) >= 11 is 0. The second-order valence-electron chi connectivity index (χ2n) is 6.26. The summed E-state index contributed by atoms with van der Waals surface area (Å²) in [4.78, 5) is 24.1. The number of phenols is 2. The van der Waals surface area contributed by atoms with Gasteiger partial charge in [0, 0.05) is 6.54 Å². The second kappa shape index (κ2) is 10.3. The topological polar surface area (TPSA) is 119 Å². The zero-order valence-corrected chi connectivity index (χ0v) is 15.2. The number of carbonyl (C=O) groups excluding carboxylic acids is 2. The lowest BCUT2D eigenvalue weighted by Gasteiger charge is -2.16. The van der Waals surface area contributed by atoms with Gasteiger partial charge in [-0.25, -0.2) is 4.39 Å². The molecule has 2 aromatic rings. The predicted octanol–water partition coefficient (Wildman–Crippen LogP) is 1.93. The second-order valence-corrected chi connectivity index (χ2v) is 6.26. The average molecular weight is 390 g/mol. The number of aliphatic hydroxyl groups excluding tert-OH is 1. The van der Waals surface area contributed by atoms with Crippen LogP contribution in [0.1, 0.15) is 40.0 Å². The third-order valence-electron chi connectivity index (χ3n) is 4.20. The van der Waals surface area contributed by atoms with Crippen molar-refractivity contribution in [1.82, 2.24) is 10.6 Å². The summed E-state index contributed by atoms with van der Waals surface area (Å²) in [6.45, 7) is 0.0249. The number of halogens is 1. The summed E-state index contributed by atoms with van der Waals surface area (Å²) < 4.78 is 13.6. The van der Waals surface area contributed by atoms with Crippen LogP contribution in [0.4, 0.5) is 4.39 Å². The van der Waals surface area contributed by atoms with Crippen LogP contribution in [-0.2, 0) is 0 Å². The summed E-state index contributed by atoms with van der Waals surface area (Å²) in [7, 11) is 0. The fourth-order valence-corrected chi connectivity index (χ4v) is 2.65. The number of amides is 2. The molecule has 0 aliphatic carbocycles.